The number of halogens is 3. The third-order valence-corrected chi connectivity index (χ3v) is 2.90. The van der Waals surface area contributed by atoms with Crippen LogP contribution in [-0.4, -0.2) is 33.5 Å². The maximum atomic E-state index is 12.0. The van der Waals surface area contributed by atoms with Gasteiger partial charge >= 0.3 is 6.18 Å². The Hall–Kier alpha value is -1.27. The summed E-state index contributed by atoms with van der Waals surface area (Å²) in [5.74, 6) is 0.759. The van der Waals surface area contributed by atoms with Crippen molar-refractivity contribution < 1.29 is 22.6 Å². The van der Waals surface area contributed by atoms with E-state index in [4.69, 9.17) is 9.47 Å². The maximum Gasteiger partial charge on any atom is 0.389 e. The fourth-order valence-electron chi connectivity index (χ4n) is 1.76. The van der Waals surface area contributed by atoms with Crippen LogP contribution in [0, 0.1) is 0 Å². The van der Waals surface area contributed by atoms with Crippen LogP contribution in [0.2, 0.25) is 0 Å². The van der Waals surface area contributed by atoms with E-state index in [1.807, 2.05) is 24.3 Å². The molecule has 114 valence electrons. The summed E-state index contributed by atoms with van der Waals surface area (Å²) in [4.78, 5) is 0. The van der Waals surface area contributed by atoms with Gasteiger partial charge in [-0.25, -0.2) is 0 Å². The number of hydrogen-bond donors (Lipinski definition) is 1. The summed E-state index contributed by atoms with van der Waals surface area (Å²) in [6.45, 7) is 0.439. The van der Waals surface area contributed by atoms with E-state index < -0.39 is 12.6 Å². The van der Waals surface area contributed by atoms with Crippen LogP contribution in [-0.2, 0) is 4.74 Å². The average Bonchev–Trinajstić information content (AvgIpc) is 2.42. The molecule has 0 saturated carbocycles. The molecule has 0 aliphatic rings. The maximum absolute atomic E-state index is 12.0. The highest BCUT2D eigenvalue weighted by Gasteiger charge is 2.26. The third-order valence-electron chi connectivity index (χ3n) is 2.90. The minimum atomic E-state index is -4.11. The lowest BCUT2D eigenvalue weighted by atomic mass is 10.1. The predicted molar refractivity (Wildman–Crippen MR) is 70.9 cm³/mol. The molecule has 0 radical (unpaired) electrons. The minimum absolute atomic E-state index is 0.0114. The van der Waals surface area contributed by atoms with E-state index in [1.165, 1.54) is 0 Å². The van der Waals surface area contributed by atoms with Crippen molar-refractivity contribution in [1.29, 1.82) is 0 Å². The highest BCUT2D eigenvalue weighted by Crippen LogP contribution is 2.21. The lowest BCUT2D eigenvalue weighted by Crippen LogP contribution is -2.22. The lowest BCUT2D eigenvalue weighted by Gasteiger charge is -2.17. The molecule has 1 aromatic carbocycles. The van der Waals surface area contributed by atoms with Gasteiger partial charge in [-0.3, -0.25) is 0 Å². The topological polar surface area (TPSA) is 30.5 Å². The first-order chi connectivity index (χ1) is 9.46. The number of rotatable bonds is 8. The summed E-state index contributed by atoms with van der Waals surface area (Å²) in [6.07, 6.45) is -4.93. The van der Waals surface area contributed by atoms with Crippen LogP contribution in [0.3, 0.4) is 0 Å². The fraction of sp³-hybridized carbons (Fsp3) is 0.571. The van der Waals surface area contributed by atoms with Crippen LogP contribution < -0.4 is 10.1 Å². The number of nitrogens with one attached hydrogen (secondary N) is 1. The fourth-order valence-corrected chi connectivity index (χ4v) is 1.76. The summed E-state index contributed by atoms with van der Waals surface area (Å²) in [7, 11) is 3.38. The zero-order valence-corrected chi connectivity index (χ0v) is 11.7. The van der Waals surface area contributed by atoms with Gasteiger partial charge in [0.2, 0.25) is 0 Å². The van der Waals surface area contributed by atoms with Crippen LogP contribution in [0.1, 0.15) is 24.4 Å². The SMILES string of the molecule is CNC(COCCCC(F)(F)F)c1ccc(OC)cc1. The Labute approximate surface area is 117 Å². The first-order valence-corrected chi connectivity index (χ1v) is 6.42. The molecule has 0 saturated heterocycles. The van der Waals surface area contributed by atoms with E-state index in [9.17, 15) is 13.2 Å². The van der Waals surface area contributed by atoms with Crippen molar-refractivity contribution in [2.24, 2.45) is 0 Å². The van der Waals surface area contributed by atoms with Crippen molar-refractivity contribution in [2.75, 3.05) is 27.4 Å². The van der Waals surface area contributed by atoms with Gasteiger partial charge < -0.3 is 14.8 Å². The van der Waals surface area contributed by atoms with Gasteiger partial charge in [0.05, 0.1) is 19.8 Å². The molecular weight excluding hydrogens is 271 g/mol. The number of hydrogen-bond acceptors (Lipinski definition) is 3. The van der Waals surface area contributed by atoms with Crippen LogP contribution in [0.15, 0.2) is 24.3 Å². The summed E-state index contributed by atoms with van der Waals surface area (Å²) >= 11 is 0. The first-order valence-electron chi connectivity index (χ1n) is 6.42. The standard InChI is InChI=1S/C14H20F3NO2/c1-18-13(10-20-9-3-8-14(15,16)17)11-4-6-12(19-2)7-5-11/h4-7,13,18H,3,8-10H2,1-2H3. The second-order valence-electron chi connectivity index (χ2n) is 4.41. The molecule has 0 spiro atoms. The number of likely N-dealkylation sites (N-methyl/N-ethyl adjacent to an activating group) is 1. The normalized spacial score (nSPS) is 13.2. The van der Waals surface area contributed by atoms with E-state index in [2.05, 4.69) is 5.32 Å². The van der Waals surface area contributed by atoms with E-state index in [1.54, 1.807) is 14.2 Å². The molecule has 1 aromatic rings. The Morgan fingerprint density at radius 1 is 1.20 bits per heavy atom. The summed E-state index contributed by atoms with van der Waals surface area (Å²) in [6, 6.07) is 7.43. The van der Waals surface area contributed by atoms with Gasteiger partial charge in [0, 0.05) is 13.0 Å². The number of benzene rings is 1. The van der Waals surface area contributed by atoms with E-state index in [0.717, 1.165) is 11.3 Å². The Balaban J connectivity index is 2.35. The van der Waals surface area contributed by atoms with Crippen molar-refractivity contribution in [2.45, 2.75) is 25.1 Å². The molecule has 0 bridgehead atoms. The Morgan fingerprint density at radius 2 is 1.85 bits per heavy atom. The quantitative estimate of drug-likeness (QED) is 0.745. The Morgan fingerprint density at radius 3 is 2.35 bits per heavy atom. The molecular formula is C14H20F3NO2. The Kier molecular flexibility index (Phi) is 6.81. The molecule has 20 heavy (non-hydrogen) atoms. The van der Waals surface area contributed by atoms with Crippen molar-refractivity contribution in [1.82, 2.24) is 5.32 Å². The average molecular weight is 291 g/mol. The summed E-state index contributed by atoms with van der Waals surface area (Å²) in [5, 5.41) is 3.07. The van der Waals surface area contributed by atoms with Crippen molar-refractivity contribution in [3.8, 4) is 5.75 Å². The van der Waals surface area contributed by atoms with E-state index in [-0.39, 0.29) is 19.1 Å². The van der Waals surface area contributed by atoms with Gasteiger partial charge in [0.25, 0.3) is 0 Å². The molecule has 1 atom stereocenters. The van der Waals surface area contributed by atoms with E-state index >= 15 is 0 Å². The van der Waals surface area contributed by atoms with Gasteiger partial charge in [-0.15, -0.1) is 0 Å². The molecule has 0 fully saturated rings. The predicted octanol–water partition coefficient (Wildman–Crippen LogP) is 3.31. The van der Waals surface area contributed by atoms with Gasteiger partial charge in [0.1, 0.15) is 5.75 Å². The second kappa shape index (κ2) is 8.11. The molecule has 0 amide bonds. The van der Waals surface area contributed by atoms with Crippen molar-refractivity contribution in [3.05, 3.63) is 29.8 Å². The smallest absolute Gasteiger partial charge is 0.389 e. The number of alkyl halides is 3. The zero-order valence-electron chi connectivity index (χ0n) is 11.7. The van der Waals surface area contributed by atoms with Gasteiger partial charge in [-0.2, -0.15) is 13.2 Å². The van der Waals surface area contributed by atoms with Crippen LogP contribution in [0.4, 0.5) is 13.2 Å². The monoisotopic (exact) mass is 291 g/mol. The molecule has 1 N–H and O–H groups in total. The summed E-state index contributed by atoms with van der Waals surface area (Å²) < 4.78 is 46.3. The molecule has 0 aromatic heterocycles. The van der Waals surface area contributed by atoms with Crippen LogP contribution in [0.5, 0.6) is 5.75 Å². The van der Waals surface area contributed by atoms with Gasteiger partial charge in [-0.1, -0.05) is 12.1 Å². The molecule has 6 heteroatoms. The molecule has 0 heterocycles. The van der Waals surface area contributed by atoms with E-state index in [0.29, 0.717) is 6.61 Å². The molecule has 3 nitrogen and oxygen atoms in total. The first kappa shape index (κ1) is 16.8. The molecule has 1 unspecified atom stereocenters. The molecule has 0 aliphatic heterocycles. The zero-order chi connectivity index (χ0) is 15.0. The van der Waals surface area contributed by atoms with Crippen LogP contribution >= 0.6 is 0 Å². The van der Waals surface area contributed by atoms with Gasteiger partial charge in [-0.05, 0) is 31.2 Å². The van der Waals surface area contributed by atoms with Crippen molar-refractivity contribution >= 4 is 0 Å². The molecule has 0 aliphatic carbocycles. The largest absolute Gasteiger partial charge is 0.497 e. The summed E-state index contributed by atoms with van der Waals surface area (Å²) in [5.41, 5.74) is 1.00. The second-order valence-corrected chi connectivity index (χ2v) is 4.41. The minimum Gasteiger partial charge on any atom is -0.497 e. The lowest BCUT2D eigenvalue weighted by molar-refractivity contribution is -0.138. The number of ether oxygens (including phenoxy) is 2. The third kappa shape index (κ3) is 6.25. The molecule has 1 rings (SSSR count). The Bertz CT molecular complexity index is 379. The van der Waals surface area contributed by atoms with Crippen LogP contribution in [0.25, 0.3) is 0 Å². The number of methoxy groups -OCH3 is 1. The van der Waals surface area contributed by atoms with Gasteiger partial charge in [0.15, 0.2) is 0 Å². The highest BCUT2D eigenvalue weighted by molar-refractivity contribution is 5.29. The highest BCUT2D eigenvalue weighted by atomic mass is 19.4. The van der Waals surface area contributed by atoms with Crippen molar-refractivity contribution in [3.63, 3.8) is 0 Å².